The summed E-state index contributed by atoms with van der Waals surface area (Å²) < 4.78 is 25.2. The first-order valence-corrected chi connectivity index (χ1v) is 9.79. The van der Waals surface area contributed by atoms with E-state index in [0.29, 0.717) is 5.56 Å². The molecule has 1 saturated heterocycles. The molecule has 1 N–H and O–H groups in total. The summed E-state index contributed by atoms with van der Waals surface area (Å²) in [6.45, 7) is 3.13. The van der Waals surface area contributed by atoms with Gasteiger partial charge in [0.05, 0.1) is 4.90 Å². The van der Waals surface area contributed by atoms with E-state index < -0.39 is 22.0 Å². The topological polar surface area (TPSA) is 86.8 Å². The van der Waals surface area contributed by atoms with Crippen LogP contribution in [0.1, 0.15) is 36.5 Å². The quantitative estimate of drug-likeness (QED) is 0.843. The van der Waals surface area contributed by atoms with E-state index in [9.17, 15) is 18.0 Å². The number of piperidine rings is 1. The molecule has 1 aromatic rings. The third-order valence-corrected chi connectivity index (χ3v) is 6.11. The Bertz CT molecular complexity index is 723. The van der Waals surface area contributed by atoms with Gasteiger partial charge >= 0.3 is 0 Å². The lowest BCUT2D eigenvalue weighted by Gasteiger charge is -2.29. The maximum atomic E-state index is 12.4. The molecular weight excluding hydrogens is 342 g/mol. The second kappa shape index (κ2) is 7.97. The predicted molar refractivity (Wildman–Crippen MR) is 94.7 cm³/mol. The van der Waals surface area contributed by atoms with E-state index in [2.05, 4.69) is 5.32 Å². The first kappa shape index (κ1) is 19.4. The molecule has 2 rings (SSSR count). The fourth-order valence-electron chi connectivity index (χ4n) is 2.72. The number of nitrogens with zero attached hydrogens (tertiary/aromatic N) is 2. The van der Waals surface area contributed by atoms with E-state index in [0.717, 1.165) is 36.7 Å². The van der Waals surface area contributed by atoms with Crippen LogP contribution >= 0.6 is 0 Å². The van der Waals surface area contributed by atoms with Crippen LogP contribution in [0.2, 0.25) is 0 Å². The third kappa shape index (κ3) is 4.58. The maximum Gasteiger partial charge on any atom is 0.251 e. The van der Waals surface area contributed by atoms with E-state index in [1.165, 1.54) is 38.4 Å². The zero-order chi connectivity index (χ0) is 18.6. The number of nitrogens with one attached hydrogen (secondary N) is 1. The number of hydrogen-bond donors (Lipinski definition) is 1. The van der Waals surface area contributed by atoms with E-state index in [1.54, 1.807) is 11.8 Å². The molecule has 1 aliphatic rings. The second-order valence-electron chi connectivity index (χ2n) is 6.39. The molecule has 2 amide bonds. The molecular formula is C17H25N3O4S. The van der Waals surface area contributed by atoms with Crippen molar-refractivity contribution >= 4 is 21.8 Å². The van der Waals surface area contributed by atoms with Crippen molar-refractivity contribution in [1.29, 1.82) is 0 Å². The van der Waals surface area contributed by atoms with E-state index in [4.69, 9.17) is 0 Å². The van der Waals surface area contributed by atoms with Gasteiger partial charge in [0.2, 0.25) is 15.9 Å². The lowest BCUT2D eigenvalue weighted by atomic mass is 10.1. The van der Waals surface area contributed by atoms with Crippen LogP contribution in [0.25, 0.3) is 0 Å². The minimum atomic E-state index is -3.53. The molecule has 0 bridgehead atoms. The van der Waals surface area contributed by atoms with Crippen LogP contribution in [0.3, 0.4) is 0 Å². The van der Waals surface area contributed by atoms with Crippen LogP contribution in [0.4, 0.5) is 0 Å². The van der Waals surface area contributed by atoms with Crippen LogP contribution in [0.5, 0.6) is 0 Å². The summed E-state index contributed by atoms with van der Waals surface area (Å²) >= 11 is 0. The van der Waals surface area contributed by atoms with Gasteiger partial charge < -0.3 is 10.2 Å². The Kier molecular flexibility index (Phi) is 6.18. The molecule has 7 nitrogen and oxygen atoms in total. The highest BCUT2D eigenvalue weighted by molar-refractivity contribution is 7.89. The van der Waals surface area contributed by atoms with Crippen molar-refractivity contribution in [3.05, 3.63) is 29.8 Å². The van der Waals surface area contributed by atoms with Crippen molar-refractivity contribution in [2.45, 2.75) is 37.1 Å². The Labute approximate surface area is 149 Å². The fourth-order valence-corrected chi connectivity index (χ4v) is 3.62. The van der Waals surface area contributed by atoms with Crippen molar-refractivity contribution in [3.63, 3.8) is 0 Å². The Balaban J connectivity index is 2.02. The highest BCUT2D eigenvalue weighted by Crippen LogP contribution is 2.14. The highest BCUT2D eigenvalue weighted by atomic mass is 32.2. The Hall–Kier alpha value is -1.93. The van der Waals surface area contributed by atoms with E-state index >= 15 is 0 Å². The summed E-state index contributed by atoms with van der Waals surface area (Å²) in [5.74, 6) is -0.480. The number of carbonyl (C=O) groups excluding carboxylic acids is 2. The van der Waals surface area contributed by atoms with Gasteiger partial charge in [-0.05, 0) is 50.5 Å². The molecule has 0 radical (unpaired) electrons. The van der Waals surface area contributed by atoms with Crippen LogP contribution in [0.15, 0.2) is 29.2 Å². The van der Waals surface area contributed by atoms with Gasteiger partial charge in [-0.25, -0.2) is 12.7 Å². The largest absolute Gasteiger partial charge is 0.341 e. The lowest BCUT2D eigenvalue weighted by Crippen LogP contribution is -2.48. The summed E-state index contributed by atoms with van der Waals surface area (Å²) in [5, 5.41) is 2.68. The number of benzene rings is 1. The lowest BCUT2D eigenvalue weighted by molar-refractivity contribution is -0.133. The van der Waals surface area contributed by atoms with Gasteiger partial charge in [-0.15, -0.1) is 0 Å². The SMILES string of the molecule is C[C@H](NC(=O)c1ccc(S(=O)(=O)N(C)C)cc1)C(=O)N1CCCCC1. The number of sulfonamides is 1. The Morgan fingerprint density at radius 3 is 2.16 bits per heavy atom. The average molecular weight is 367 g/mol. The van der Waals surface area contributed by atoms with Gasteiger partial charge in [-0.2, -0.15) is 0 Å². The van der Waals surface area contributed by atoms with Crippen LogP contribution in [-0.2, 0) is 14.8 Å². The number of rotatable bonds is 5. The first-order valence-electron chi connectivity index (χ1n) is 8.35. The molecule has 1 atom stereocenters. The monoisotopic (exact) mass is 367 g/mol. The molecule has 1 aliphatic heterocycles. The summed E-state index contributed by atoms with van der Waals surface area (Å²) in [6, 6.07) is 5.06. The molecule has 0 saturated carbocycles. The van der Waals surface area contributed by atoms with Crippen molar-refractivity contribution in [2.24, 2.45) is 0 Å². The number of likely N-dealkylation sites (tertiary alicyclic amines) is 1. The van der Waals surface area contributed by atoms with Gasteiger partial charge in [0.25, 0.3) is 5.91 Å². The van der Waals surface area contributed by atoms with Crippen LogP contribution in [-0.4, -0.2) is 62.7 Å². The minimum Gasteiger partial charge on any atom is -0.341 e. The number of hydrogen-bond acceptors (Lipinski definition) is 4. The van der Waals surface area contributed by atoms with Gasteiger partial charge in [0.15, 0.2) is 0 Å². The molecule has 0 aromatic heterocycles. The van der Waals surface area contributed by atoms with Gasteiger partial charge in [-0.3, -0.25) is 9.59 Å². The summed E-state index contributed by atoms with van der Waals surface area (Å²) in [5.41, 5.74) is 0.316. The smallest absolute Gasteiger partial charge is 0.251 e. The van der Waals surface area contributed by atoms with Gasteiger partial charge in [0.1, 0.15) is 6.04 Å². The number of amides is 2. The zero-order valence-electron chi connectivity index (χ0n) is 14.9. The fraction of sp³-hybridized carbons (Fsp3) is 0.529. The third-order valence-electron chi connectivity index (χ3n) is 4.28. The molecule has 138 valence electrons. The standard InChI is InChI=1S/C17H25N3O4S/c1-13(17(22)20-11-5-4-6-12-20)18-16(21)14-7-9-15(10-8-14)25(23,24)19(2)3/h7-10,13H,4-6,11-12H2,1-3H3,(H,18,21)/t13-/m0/s1. The first-order chi connectivity index (χ1) is 11.7. The Morgan fingerprint density at radius 2 is 1.64 bits per heavy atom. The molecule has 0 spiro atoms. The molecule has 8 heteroatoms. The minimum absolute atomic E-state index is 0.0835. The van der Waals surface area contributed by atoms with Gasteiger partial charge in [0, 0.05) is 32.7 Å². The van der Waals surface area contributed by atoms with Crippen LogP contribution in [0, 0.1) is 0 Å². The van der Waals surface area contributed by atoms with Crippen molar-refractivity contribution in [1.82, 2.24) is 14.5 Å². The maximum absolute atomic E-state index is 12.4. The summed E-state index contributed by atoms with van der Waals surface area (Å²) in [4.78, 5) is 26.5. The zero-order valence-corrected chi connectivity index (χ0v) is 15.7. The van der Waals surface area contributed by atoms with Crippen molar-refractivity contribution in [3.8, 4) is 0 Å². The molecule has 1 aromatic carbocycles. The predicted octanol–water partition coefficient (Wildman–Crippen LogP) is 1.07. The second-order valence-corrected chi connectivity index (χ2v) is 8.54. The van der Waals surface area contributed by atoms with E-state index in [1.807, 2.05) is 0 Å². The Morgan fingerprint density at radius 1 is 1.08 bits per heavy atom. The normalized spacial score (nSPS) is 16.6. The number of carbonyl (C=O) groups is 2. The van der Waals surface area contributed by atoms with Crippen molar-refractivity contribution < 1.29 is 18.0 Å². The molecule has 25 heavy (non-hydrogen) atoms. The highest BCUT2D eigenvalue weighted by Gasteiger charge is 2.24. The van der Waals surface area contributed by atoms with E-state index in [-0.39, 0.29) is 10.8 Å². The molecule has 1 fully saturated rings. The summed E-state index contributed by atoms with van der Waals surface area (Å²) in [7, 11) is -0.633. The summed E-state index contributed by atoms with van der Waals surface area (Å²) in [6.07, 6.45) is 3.12. The molecule has 1 heterocycles. The molecule has 0 aliphatic carbocycles. The van der Waals surface area contributed by atoms with Crippen LogP contribution < -0.4 is 5.32 Å². The average Bonchev–Trinajstić information content (AvgIpc) is 2.61. The van der Waals surface area contributed by atoms with Gasteiger partial charge in [-0.1, -0.05) is 0 Å². The molecule has 0 unspecified atom stereocenters. The van der Waals surface area contributed by atoms with Crippen molar-refractivity contribution in [2.75, 3.05) is 27.2 Å².